The summed E-state index contributed by atoms with van der Waals surface area (Å²) in [5.41, 5.74) is 5.86. The number of amides is 4. The van der Waals surface area contributed by atoms with E-state index in [-0.39, 0.29) is 87.6 Å². The summed E-state index contributed by atoms with van der Waals surface area (Å²) in [4.78, 5) is 55.7. The summed E-state index contributed by atoms with van der Waals surface area (Å²) in [7, 11) is 0. The number of nitrogens with zero attached hydrogens (tertiary/aromatic N) is 2. The normalized spacial score (nSPS) is 47.3. The molecular formula is C70H96N4O8. The van der Waals surface area contributed by atoms with Crippen LogP contribution in [0.2, 0.25) is 0 Å². The van der Waals surface area contributed by atoms with E-state index in [1.807, 2.05) is 65.6 Å². The van der Waals surface area contributed by atoms with Gasteiger partial charge >= 0.3 is 12.2 Å². The van der Waals surface area contributed by atoms with Gasteiger partial charge in [-0.15, -0.1) is 0 Å². The maximum Gasteiger partial charge on any atom is 0.410 e. The Labute approximate surface area is 489 Å². The van der Waals surface area contributed by atoms with Crippen LogP contribution in [0.4, 0.5) is 9.59 Å². The van der Waals surface area contributed by atoms with Gasteiger partial charge in [0, 0.05) is 55.3 Å². The number of nitrogens with one attached hydrogen (secondary N) is 2. The topological polar surface area (TPSA) is 136 Å². The van der Waals surface area contributed by atoms with Crippen molar-refractivity contribution in [3.05, 3.63) is 82.9 Å². The molecule has 2 aromatic rings. The van der Waals surface area contributed by atoms with Crippen LogP contribution in [0.15, 0.2) is 71.8 Å². The molecule has 444 valence electrons. The van der Waals surface area contributed by atoms with E-state index in [0.717, 1.165) is 99.8 Å². The number of hydrogen-bond acceptors (Lipinski definition) is 8. The second-order valence-electron chi connectivity index (χ2n) is 30.7. The second-order valence-corrected chi connectivity index (χ2v) is 30.7. The molecule has 12 fully saturated rings. The first-order valence-corrected chi connectivity index (χ1v) is 32.9. The molecule has 6 saturated carbocycles. The Kier molecular flexibility index (Phi) is 13.6. The van der Waals surface area contributed by atoms with Gasteiger partial charge in [-0.2, -0.15) is 0 Å². The third kappa shape index (κ3) is 8.41. The monoisotopic (exact) mass is 1120 g/mol. The highest BCUT2D eigenvalue weighted by molar-refractivity contribution is 5.78. The Morgan fingerprint density at radius 2 is 1.18 bits per heavy atom. The largest absolute Gasteiger partial charge is 0.445 e. The highest BCUT2D eigenvalue weighted by Gasteiger charge is 2.85. The second kappa shape index (κ2) is 20.1. The molecule has 6 heterocycles. The Bertz CT molecular complexity index is 2860. The number of piperidine rings is 4. The van der Waals surface area contributed by atoms with Gasteiger partial charge in [-0.05, 0) is 184 Å². The fraction of sp³-hybridized carbons (Fsp3) is 0.743. The standard InChI is InChI=1S/2C35H48N2O4/c1-21-16-27-30(37(18-21)31(39)40-19-23-8-6-5-7-9-23)22(2)35(41-27)15-12-25-24-10-11-28-32(3,14-13-29(38)36-28)26(24)17-34(25)20-33(34,35)4;1-21-16-29-32(37(19-21)33(39)40-20-24-8-6-5-7-9-24)23(3)35(41-29)15-12-25-26-10-11-30-34(4,14-13-31(38)36-30)28(26)17-27(25)22(2)18-35/h5-9,21-22,24-28,30H,10-20H2,1-4H3,(H,36,38);5-9,21,23,25-26,28-30,32H,10-20H2,1-4H3,(H,36,38)/t21-,22+,24-,25-,26-,27+,28+,30-,32+,33+,34+,35+;21-,23+,25-,26-,28-,29+,30+,32-,34+,35-/m00/s1. The number of hydrogen-bond donors (Lipinski definition) is 2. The van der Waals surface area contributed by atoms with E-state index >= 15 is 0 Å². The minimum absolute atomic E-state index is 0.0677. The average Bonchev–Trinajstić information content (AvgIpc) is 1.54. The van der Waals surface area contributed by atoms with Gasteiger partial charge in [0.2, 0.25) is 11.8 Å². The fourth-order valence-corrected chi connectivity index (χ4v) is 22.9. The molecule has 15 rings (SSSR count). The predicted molar refractivity (Wildman–Crippen MR) is 313 cm³/mol. The van der Waals surface area contributed by atoms with Crippen LogP contribution in [0, 0.1) is 80.8 Å². The number of rotatable bonds is 4. The molecule has 12 heteroatoms. The van der Waals surface area contributed by atoms with Crippen LogP contribution in [-0.4, -0.2) is 94.5 Å². The van der Waals surface area contributed by atoms with Crippen molar-refractivity contribution in [3.63, 3.8) is 0 Å². The van der Waals surface area contributed by atoms with Crippen LogP contribution in [0.25, 0.3) is 0 Å². The van der Waals surface area contributed by atoms with Gasteiger partial charge in [0.15, 0.2) is 0 Å². The molecule has 3 spiro atoms. The summed E-state index contributed by atoms with van der Waals surface area (Å²) in [6.45, 7) is 21.2. The van der Waals surface area contributed by atoms with Gasteiger partial charge in [0.25, 0.3) is 0 Å². The molecule has 7 aliphatic carbocycles. The zero-order chi connectivity index (χ0) is 56.9. The Morgan fingerprint density at radius 3 is 1.78 bits per heavy atom. The van der Waals surface area contributed by atoms with Gasteiger partial charge < -0.3 is 39.4 Å². The zero-order valence-electron chi connectivity index (χ0n) is 50.7. The van der Waals surface area contributed by atoms with Crippen molar-refractivity contribution in [3.8, 4) is 0 Å². The van der Waals surface area contributed by atoms with Crippen LogP contribution >= 0.6 is 0 Å². The first-order valence-electron chi connectivity index (χ1n) is 32.9. The molecule has 0 unspecified atom stereocenters. The van der Waals surface area contributed by atoms with E-state index in [4.69, 9.17) is 18.9 Å². The summed E-state index contributed by atoms with van der Waals surface area (Å²) in [6.07, 6.45) is 19.3. The number of ether oxygens (including phenoxy) is 4. The van der Waals surface area contributed by atoms with Crippen molar-refractivity contribution in [2.24, 2.45) is 80.8 Å². The summed E-state index contributed by atoms with van der Waals surface area (Å²) in [6, 6.07) is 20.8. The van der Waals surface area contributed by atoms with Crippen LogP contribution in [0.1, 0.15) is 182 Å². The summed E-state index contributed by atoms with van der Waals surface area (Å²) in [5, 5.41) is 6.77. The van der Waals surface area contributed by atoms with Crippen molar-refractivity contribution in [1.29, 1.82) is 0 Å². The van der Waals surface area contributed by atoms with Gasteiger partial charge in [0.1, 0.15) is 13.2 Å². The first-order chi connectivity index (χ1) is 39.3. The van der Waals surface area contributed by atoms with Gasteiger partial charge in [0.05, 0.1) is 35.5 Å². The number of carbonyl (C=O) groups excluding carboxylic acids is 4. The molecule has 0 aromatic heterocycles. The van der Waals surface area contributed by atoms with Crippen molar-refractivity contribution in [2.45, 2.75) is 232 Å². The molecule has 2 N–H and O–H groups in total. The maximum absolute atomic E-state index is 13.6. The first kappa shape index (κ1) is 55.5. The average molecular weight is 1120 g/mol. The lowest BCUT2D eigenvalue weighted by Crippen LogP contribution is -2.57. The summed E-state index contributed by atoms with van der Waals surface area (Å²) in [5.74, 6) is 6.13. The van der Waals surface area contributed by atoms with E-state index in [0.29, 0.717) is 73.1 Å². The number of allylic oxidation sites excluding steroid dienone is 1. The van der Waals surface area contributed by atoms with Crippen LogP contribution in [0.3, 0.4) is 0 Å². The predicted octanol–water partition coefficient (Wildman–Crippen LogP) is 13.0. The molecule has 0 radical (unpaired) electrons. The Hall–Kier alpha value is -4.42. The summed E-state index contributed by atoms with van der Waals surface area (Å²) < 4.78 is 26.3. The fourth-order valence-electron chi connectivity index (χ4n) is 22.9. The van der Waals surface area contributed by atoms with Crippen LogP contribution in [0.5, 0.6) is 0 Å². The van der Waals surface area contributed by atoms with Crippen LogP contribution < -0.4 is 10.6 Å². The molecule has 0 bridgehead atoms. The van der Waals surface area contributed by atoms with Gasteiger partial charge in [-0.1, -0.05) is 120 Å². The van der Waals surface area contributed by atoms with E-state index in [1.165, 1.54) is 44.9 Å². The lowest BCUT2D eigenvalue weighted by atomic mass is 9.56. The number of fused-ring (bicyclic) bond motifs is 12. The number of benzene rings is 2. The van der Waals surface area contributed by atoms with E-state index in [1.54, 1.807) is 11.1 Å². The molecule has 6 saturated heterocycles. The molecule has 82 heavy (non-hydrogen) atoms. The maximum atomic E-state index is 13.6. The molecule has 13 aliphatic rings. The van der Waals surface area contributed by atoms with E-state index in [2.05, 4.69) is 70.9 Å². The number of likely N-dealkylation sites (tertiary alicyclic amines) is 2. The third-order valence-electron chi connectivity index (χ3n) is 26.9. The van der Waals surface area contributed by atoms with Gasteiger partial charge in [-0.25, -0.2) is 9.59 Å². The number of carbonyl (C=O) groups is 4. The smallest absolute Gasteiger partial charge is 0.410 e. The molecule has 4 amide bonds. The van der Waals surface area contributed by atoms with Crippen molar-refractivity contribution < 1.29 is 38.1 Å². The molecule has 12 nitrogen and oxygen atoms in total. The molecule has 6 aliphatic heterocycles. The minimum atomic E-state index is -0.214. The highest BCUT2D eigenvalue weighted by Crippen LogP contribution is 2.87. The molecule has 2 aromatic carbocycles. The quantitative estimate of drug-likeness (QED) is 0.289. The van der Waals surface area contributed by atoms with E-state index in [9.17, 15) is 19.2 Å². The third-order valence-corrected chi connectivity index (χ3v) is 26.9. The van der Waals surface area contributed by atoms with E-state index < -0.39 is 0 Å². The lowest BCUT2D eigenvalue weighted by Gasteiger charge is -2.53. The summed E-state index contributed by atoms with van der Waals surface area (Å²) >= 11 is 0. The zero-order valence-corrected chi connectivity index (χ0v) is 50.7. The van der Waals surface area contributed by atoms with Crippen molar-refractivity contribution in [1.82, 2.24) is 20.4 Å². The molecular weight excluding hydrogens is 1020 g/mol. The Balaban J connectivity index is 0.000000147. The van der Waals surface area contributed by atoms with Crippen LogP contribution in [-0.2, 0) is 41.8 Å². The van der Waals surface area contributed by atoms with Gasteiger partial charge in [-0.3, -0.25) is 9.59 Å². The lowest BCUT2D eigenvalue weighted by molar-refractivity contribution is -0.148. The highest BCUT2D eigenvalue weighted by atomic mass is 16.6. The minimum Gasteiger partial charge on any atom is -0.445 e. The SMILES string of the molecule is CC1=C2C[C@H]3[C@@H](CC[C@H]4NC(=O)CC[C@@]43C)[C@@H]2CC[C@@]2(C1)O[C@@H]1C[C@H](C)CN(C(=O)OCc3ccccc3)[C@H]1[C@H]2C.C[C@H]1C[C@H]2O[C@]3(CC[C@H]4[C@@H]5CC[C@H]6NC(=O)CC[C@]6(C)[C@H]5C[C@@]45C[C@]53C)[C@H](C)[C@@H]2N(C(=O)OCc2ccccc2)C1. The Morgan fingerprint density at radius 1 is 0.634 bits per heavy atom. The van der Waals surface area contributed by atoms with Crippen molar-refractivity contribution >= 4 is 24.0 Å². The molecule has 22 atom stereocenters. The van der Waals surface area contributed by atoms with Crippen molar-refractivity contribution in [2.75, 3.05) is 13.1 Å².